The minimum Gasteiger partial charge on any atom is -0.308 e. The number of hydrogen-bond acceptors (Lipinski definition) is 4. The van der Waals surface area contributed by atoms with Gasteiger partial charge in [0.1, 0.15) is 17.7 Å². The van der Waals surface area contributed by atoms with Gasteiger partial charge in [-0.05, 0) is 32.9 Å². The first-order chi connectivity index (χ1) is 12.4. The van der Waals surface area contributed by atoms with Crippen LogP contribution < -0.4 is 5.32 Å². The van der Waals surface area contributed by atoms with E-state index in [1.807, 2.05) is 30.3 Å². The highest BCUT2D eigenvalue weighted by Gasteiger charge is 2.23. The normalized spacial score (nSPS) is 11.8. The van der Waals surface area contributed by atoms with Gasteiger partial charge >= 0.3 is 0 Å². The van der Waals surface area contributed by atoms with E-state index in [0.29, 0.717) is 22.2 Å². The fourth-order valence-corrected chi connectivity index (χ4v) is 2.79. The number of carbonyl (C=O) groups excluding carboxylic acids is 1. The minimum absolute atomic E-state index is 0.279. The Morgan fingerprint density at radius 3 is 2.58 bits per heavy atom. The second-order valence-corrected chi connectivity index (χ2v) is 6.24. The number of halogens is 1. The molecule has 0 bridgehead atoms. The minimum atomic E-state index is -0.605. The molecule has 1 aromatic carbocycles. The molecule has 7 nitrogen and oxygen atoms in total. The van der Waals surface area contributed by atoms with E-state index >= 15 is 0 Å². The van der Waals surface area contributed by atoms with Gasteiger partial charge in [-0.1, -0.05) is 29.8 Å². The summed E-state index contributed by atoms with van der Waals surface area (Å²) in [5, 5.41) is 21.2. The molecule has 0 aliphatic carbocycles. The maximum absolute atomic E-state index is 12.8. The SMILES string of the molecule is Cc1nn(C(C)C(=O)Nc2c(C#N)cnn2-c2ccccc2)c(C)c1Cl. The van der Waals surface area contributed by atoms with Crippen molar-refractivity contribution in [1.82, 2.24) is 19.6 Å². The van der Waals surface area contributed by atoms with Crippen LogP contribution in [0.1, 0.15) is 29.9 Å². The second kappa shape index (κ2) is 7.02. The number of carbonyl (C=O) groups is 1. The molecule has 0 saturated carbocycles. The highest BCUT2D eigenvalue weighted by Crippen LogP contribution is 2.24. The summed E-state index contributed by atoms with van der Waals surface area (Å²) in [6.07, 6.45) is 1.42. The fraction of sp³-hybridized carbons (Fsp3) is 0.222. The van der Waals surface area contributed by atoms with Crippen molar-refractivity contribution in [1.29, 1.82) is 5.26 Å². The van der Waals surface area contributed by atoms with Crippen molar-refractivity contribution in [3.05, 3.63) is 58.5 Å². The molecule has 1 N–H and O–H groups in total. The maximum atomic E-state index is 12.8. The lowest BCUT2D eigenvalue weighted by Gasteiger charge is -2.15. The summed E-state index contributed by atoms with van der Waals surface area (Å²) in [5.41, 5.74) is 2.40. The van der Waals surface area contributed by atoms with E-state index in [-0.39, 0.29) is 11.5 Å². The van der Waals surface area contributed by atoms with Crippen LogP contribution in [0.3, 0.4) is 0 Å². The zero-order valence-corrected chi connectivity index (χ0v) is 15.3. The molecule has 2 heterocycles. The molecule has 3 rings (SSSR count). The molecule has 0 fully saturated rings. The summed E-state index contributed by atoms with van der Waals surface area (Å²) in [7, 11) is 0. The predicted molar refractivity (Wildman–Crippen MR) is 98.3 cm³/mol. The van der Waals surface area contributed by atoms with Gasteiger partial charge in [-0.2, -0.15) is 15.5 Å². The molecule has 0 aliphatic rings. The van der Waals surface area contributed by atoms with Gasteiger partial charge in [-0.25, -0.2) is 4.68 Å². The van der Waals surface area contributed by atoms with Crippen molar-refractivity contribution >= 4 is 23.3 Å². The van der Waals surface area contributed by atoms with Gasteiger partial charge in [-0.15, -0.1) is 0 Å². The van der Waals surface area contributed by atoms with Crippen molar-refractivity contribution in [3.8, 4) is 11.8 Å². The summed E-state index contributed by atoms with van der Waals surface area (Å²) in [6, 6.07) is 10.7. The molecular weight excluding hydrogens is 352 g/mol. The molecule has 0 aliphatic heterocycles. The van der Waals surface area contributed by atoms with Gasteiger partial charge in [0.15, 0.2) is 5.82 Å². The van der Waals surface area contributed by atoms with Gasteiger partial charge in [0.05, 0.1) is 28.3 Å². The number of para-hydroxylation sites is 1. The number of anilines is 1. The first-order valence-corrected chi connectivity index (χ1v) is 8.37. The zero-order chi connectivity index (χ0) is 18.8. The number of aromatic nitrogens is 4. The third-order valence-corrected chi connectivity index (χ3v) is 4.66. The Hall–Kier alpha value is -3.11. The Bertz CT molecular complexity index is 999. The lowest BCUT2D eigenvalue weighted by molar-refractivity contribution is -0.119. The van der Waals surface area contributed by atoms with Crippen LogP contribution in [0.25, 0.3) is 5.69 Å². The predicted octanol–water partition coefficient (Wildman–Crippen LogP) is 3.41. The van der Waals surface area contributed by atoms with Crippen molar-refractivity contribution in [2.24, 2.45) is 0 Å². The number of nitrogens with one attached hydrogen (secondary N) is 1. The molecular formula is C18H17ClN6O. The van der Waals surface area contributed by atoms with Crippen LogP contribution in [-0.4, -0.2) is 25.5 Å². The standard InChI is InChI=1S/C18H17ClN6O/c1-11-16(19)12(2)24(23-11)13(3)18(26)22-17-14(9-20)10-21-25(17)15-7-5-4-6-8-15/h4-8,10,13H,1-3H3,(H,22,26). The summed E-state index contributed by atoms with van der Waals surface area (Å²) in [4.78, 5) is 12.8. The zero-order valence-electron chi connectivity index (χ0n) is 14.6. The van der Waals surface area contributed by atoms with Crippen LogP contribution in [0, 0.1) is 25.2 Å². The van der Waals surface area contributed by atoms with Crippen LogP contribution in [0.2, 0.25) is 5.02 Å². The number of rotatable bonds is 4. The molecule has 8 heteroatoms. The number of benzene rings is 1. The first kappa shape index (κ1) is 17.7. The molecule has 26 heavy (non-hydrogen) atoms. The van der Waals surface area contributed by atoms with Gasteiger partial charge in [0.25, 0.3) is 0 Å². The van der Waals surface area contributed by atoms with Crippen LogP contribution in [0.5, 0.6) is 0 Å². The number of aryl methyl sites for hydroxylation is 1. The van der Waals surface area contributed by atoms with Crippen LogP contribution in [-0.2, 0) is 4.79 Å². The molecule has 0 spiro atoms. The van der Waals surface area contributed by atoms with Crippen LogP contribution >= 0.6 is 11.6 Å². The van der Waals surface area contributed by atoms with Crippen molar-refractivity contribution in [2.75, 3.05) is 5.32 Å². The van der Waals surface area contributed by atoms with Crippen molar-refractivity contribution in [3.63, 3.8) is 0 Å². The maximum Gasteiger partial charge on any atom is 0.250 e. The van der Waals surface area contributed by atoms with Gasteiger partial charge in [0, 0.05) is 0 Å². The molecule has 1 amide bonds. The molecule has 0 radical (unpaired) electrons. The Balaban J connectivity index is 1.93. The Morgan fingerprint density at radius 2 is 2.00 bits per heavy atom. The van der Waals surface area contributed by atoms with Crippen molar-refractivity contribution < 1.29 is 4.79 Å². The van der Waals surface area contributed by atoms with E-state index in [4.69, 9.17) is 11.6 Å². The number of nitrogens with zero attached hydrogens (tertiary/aromatic N) is 5. The average molecular weight is 369 g/mol. The van der Waals surface area contributed by atoms with E-state index in [1.54, 1.807) is 25.5 Å². The quantitative estimate of drug-likeness (QED) is 0.764. The molecule has 3 aromatic rings. The highest BCUT2D eigenvalue weighted by atomic mass is 35.5. The fourth-order valence-electron chi connectivity index (χ4n) is 2.67. The van der Waals surface area contributed by atoms with E-state index in [9.17, 15) is 10.1 Å². The van der Waals surface area contributed by atoms with Crippen molar-refractivity contribution in [2.45, 2.75) is 26.8 Å². The molecule has 2 aromatic heterocycles. The summed E-state index contributed by atoms with van der Waals surface area (Å²) >= 11 is 6.17. The Labute approximate surface area is 155 Å². The first-order valence-electron chi connectivity index (χ1n) is 7.99. The second-order valence-electron chi connectivity index (χ2n) is 5.86. The third kappa shape index (κ3) is 3.07. The van der Waals surface area contributed by atoms with Crippen LogP contribution in [0.15, 0.2) is 36.5 Å². The highest BCUT2D eigenvalue weighted by molar-refractivity contribution is 6.31. The topological polar surface area (TPSA) is 88.5 Å². The summed E-state index contributed by atoms with van der Waals surface area (Å²) in [6.45, 7) is 5.32. The van der Waals surface area contributed by atoms with Gasteiger partial charge in [0.2, 0.25) is 5.91 Å². The van der Waals surface area contributed by atoms with Gasteiger partial charge in [-0.3, -0.25) is 9.48 Å². The molecule has 1 unspecified atom stereocenters. The summed E-state index contributed by atoms with van der Waals surface area (Å²) in [5.74, 6) is 0.00428. The number of nitriles is 1. The number of amides is 1. The lowest BCUT2D eigenvalue weighted by atomic mass is 10.2. The monoisotopic (exact) mass is 368 g/mol. The number of hydrogen-bond donors (Lipinski definition) is 1. The van der Waals surface area contributed by atoms with Crippen LogP contribution in [0.4, 0.5) is 5.82 Å². The average Bonchev–Trinajstić information content (AvgIpc) is 3.17. The molecule has 0 saturated heterocycles. The third-order valence-electron chi connectivity index (χ3n) is 4.12. The van der Waals surface area contributed by atoms with E-state index in [1.165, 1.54) is 10.9 Å². The van der Waals surface area contributed by atoms with E-state index < -0.39 is 6.04 Å². The lowest BCUT2D eigenvalue weighted by Crippen LogP contribution is -2.26. The Kier molecular flexibility index (Phi) is 4.78. The largest absolute Gasteiger partial charge is 0.308 e. The summed E-state index contributed by atoms with van der Waals surface area (Å²) < 4.78 is 3.10. The van der Waals surface area contributed by atoms with E-state index in [0.717, 1.165) is 5.69 Å². The molecule has 1 atom stereocenters. The smallest absolute Gasteiger partial charge is 0.250 e. The molecule has 132 valence electrons. The Morgan fingerprint density at radius 1 is 1.31 bits per heavy atom. The van der Waals surface area contributed by atoms with Gasteiger partial charge < -0.3 is 5.32 Å². The van der Waals surface area contributed by atoms with E-state index in [2.05, 4.69) is 21.6 Å².